The first kappa shape index (κ1) is 21.6. The molecule has 4 rings (SSSR count). The minimum absolute atomic E-state index is 0.185. The van der Waals surface area contributed by atoms with Crippen LogP contribution in [0, 0.1) is 0 Å². The minimum Gasteiger partial charge on any atom is -0.322 e. The number of thioether (sulfide) groups is 1. The molecule has 1 amide bonds. The van der Waals surface area contributed by atoms with Crippen molar-refractivity contribution in [1.29, 1.82) is 0 Å². The van der Waals surface area contributed by atoms with E-state index in [2.05, 4.69) is 20.6 Å². The van der Waals surface area contributed by atoms with Crippen molar-refractivity contribution in [3.8, 4) is 0 Å². The van der Waals surface area contributed by atoms with Gasteiger partial charge in [-0.15, -0.1) is 0 Å². The summed E-state index contributed by atoms with van der Waals surface area (Å²) in [5, 5.41) is 6.00. The van der Waals surface area contributed by atoms with Crippen LogP contribution in [0.2, 0.25) is 0 Å². The van der Waals surface area contributed by atoms with Crippen molar-refractivity contribution in [2.24, 2.45) is 4.99 Å². The van der Waals surface area contributed by atoms with Gasteiger partial charge in [-0.2, -0.15) is 4.31 Å². The van der Waals surface area contributed by atoms with E-state index in [1.165, 1.54) is 28.6 Å². The number of nitrogens with one attached hydrogen (secondary N) is 1. The second-order valence-electron chi connectivity index (χ2n) is 7.08. The van der Waals surface area contributed by atoms with Gasteiger partial charge < -0.3 is 10.2 Å². The highest BCUT2D eigenvalue weighted by Crippen LogP contribution is 2.35. The number of nitrogens with zero attached hydrogens (tertiary/aromatic N) is 3. The molecule has 0 radical (unpaired) electrons. The molecule has 2 aliphatic heterocycles. The first-order valence-electron chi connectivity index (χ1n) is 10.1. The van der Waals surface area contributed by atoms with Gasteiger partial charge in [0.05, 0.1) is 17.1 Å². The van der Waals surface area contributed by atoms with Gasteiger partial charge >= 0.3 is 0 Å². The molecule has 0 aromatic heterocycles. The summed E-state index contributed by atoms with van der Waals surface area (Å²) in [5.74, 6) is -0.288. The van der Waals surface area contributed by atoms with Crippen LogP contribution in [0.15, 0.2) is 63.8 Å². The maximum atomic E-state index is 12.6. The summed E-state index contributed by atoms with van der Waals surface area (Å²) in [7, 11) is -3.54. The highest BCUT2D eigenvalue weighted by Gasteiger charge is 2.27. The van der Waals surface area contributed by atoms with Crippen LogP contribution >= 0.6 is 11.8 Å². The van der Waals surface area contributed by atoms with Crippen molar-refractivity contribution in [2.45, 2.75) is 18.7 Å². The van der Waals surface area contributed by atoms with Crippen LogP contribution in [0.1, 0.15) is 29.8 Å². The zero-order valence-corrected chi connectivity index (χ0v) is 19.0. The number of rotatable bonds is 7. The third-order valence-electron chi connectivity index (χ3n) is 5.27. The van der Waals surface area contributed by atoms with Crippen LogP contribution in [0.5, 0.6) is 0 Å². The average molecular weight is 457 g/mol. The Labute approximate surface area is 186 Å². The molecule has 0 bridgehead atoms. The summed E-state index contributed by atoms with van der Waals surface area (Å²) in [6.45, 7) is 6.12. The van der Waals surface area contributed by atoms with Gasteiger partial charge in [-0.3, -0.25) is 9.79 Å². The molecule has 0 unspecified atom stereocenters. The molecule has 2 aromatic carbocycles. The smallest absolute Gasteiger partial charge is 0.255 e. The second kappa shape index (κ2) is 8.86. The Morgan fingerprint density at radius 1 is 1.10 bits per heavy atom. The number of sulfonamides is 1. The fourth-order valence-electron chi connectivity index (χ4n) is 3.57. The van der Waals surface area contributed by atoms with Crippen LogP contribution in [0.4, 0.5) is 5.69 Å². The van der Waals surface area contributed by atoms with Crippen LogP contribution in [0.25, 0.3) is 5.70 Å². The normalized spacial score (nSPS) is 15.6. The molecule has 0 fully saturated rings. The number of amides is 1. The average Bonchev–Trinajstić information content (AvgIpc) is 3.39. The monoisotopic (exact) mass is 456 g/mol. The number of hydrogen-bond donors (Lipinski definition) is 1. The summed E-state index contributed by atoms with van der Waals surface area (Å²) < 4.78 is 26.6. The Morgan fingerprint density at radius 3 is 2.42 bits per heavy atom. The number of anilines is 1. The van der Waals surface area contributed by atoms with Crippen LogP contribution in [-0.2, 0) is 10.0 Å². The number of aliphatic imine (C=N–C) groups is 1. The molecule has 0 spiro atoms. The highest BCUT2D eigenvalue weighted by atomic mass is 32.2. The minimum atomic E-state index is -3.54. The van der Waals surface area contributed by atoms with Gasteiger partial charge in [0.25, 0.3) is 5.91 Å². The second-order valence-corrected chi connectivity index (χ2v) is 9.86. The number of amidine groups is 1. The largest absolute Gasteiger partial charge is 0.322 e. The summed E-state index contributed by atoms with van der Waals surface area (Å²) in [4.78, 5) is 19.4. The predicted octanol–water partition coefficient (Wildman–Crippen LogP) is 3.69. The Morgan fingerprint density at radius 2 is 1.77 bits per heavy atom. The van der Waals surface area contributed by atoms with E-state index in [0.29, 0.717) is 24.3 Å². The number of fused-ring (bicyclic) bond motifs is 1. The molecule has 9 heteroatoms. The highest BCUT2D eigenvalue weighted by molar-refractivity contribution is 8.16. The van der Waals surface area contributed by atoms with Gasteiger partial charge in [0.2, 0.25) is 10.0 Å². The first-order chi connectivity index (χ1) is 14.9. The predicted molar refractivity (Wildman–Crippen MR) is 126 cm³/mol. The van der Waals surface area contributed by atoms with Gasteiger partial charge in [0, 0.05) is 36.3 Å². The fraction of sp³-hybridized carbons (Fsp3) is 0.273. The lowest BCUT2D eigenvalue weighted by Crippen LogP contribution is -2.30. The molecule has 31 heavy (non-hydrogen) atoms. The van der Waals surface area contributed by atoms with Crippen molar-refractivity contribution in [2.75, 3.05) is 31.5 Å². The summed E-state index contributed by atoms with van der Waals surface area (Å²) in [6, 6.07) is 13.7. The van der Waals surface area contributed by atoms with Gasteiger partial charge in [-0.05, 0) is 42.0 Å². The molecular weight excluding hydrogens is 432 g/mol. The molecule has 162 valence electrons. The summed E-state index contributed by atoms with van der Waals surface area (Å²) in [5.41, 5.74) is 3.28. The molecule has 0 atom stereocenters. The van der Waals surface area contributed by atoms with Gasteiger partial charge in [0.15, 0.2) is 5.17 Å². The van der Waals surface area contributed by atoms with E-state index < -0.39 is 10.0 Å². The van der Waals surface area contributed by atoms with Gasteiger partial charge in [-0.25, -0.2) is 8.42 Å². The van der Waals surface area contributed by atoms with E-state index in [0.717, 1.165) is 29.5 Å². The Bertz CT molecular complexity index is 1140. The molecule has 2 aliphatic rings. The number of carbonyl (C=O) groups excluding carboxylic acids is 1. The van der Waals surface area contributed by atoms with Crippen molar-refractivity contribution in [3.05, 3.63) is 65.1 Å². The van der Waals surface area contributed by atoms with Gasteiger partial charge in [-0.1, -0.05) is 37.7 Å². The number of carbonyl (C=O) groups is 1. The first-order valence-corrected chi connectivity index (χ1v) is 12.5. The van der Waals surface area contributed by atoms with Crippen molar-refractivity contribution >= 4 is 44.2 Å². The quantitative estimate of drug-likeness (QED) is 0.687. The molecule has 0 aliphatic carbocycles. The lowest BCUT2D eigenvalue weighted by Gasteiger charge is -2.18. The van der Waals surface area contributed by atoms with E-state index in [1.54, 1.807) is 25.6 Å². The number of hydrogen-bond acceptors (Lipinski definition) is 6. The molecular formula is C22H24N4O3S2. The van der Waals surface area contributed by atoms with E-state index >= 15 is 0 Å². The van der Waals surface area contributed by atoms with Crippen molar-refractivity contribution in [1.82, 2.24) is 9.21 Å². The third kappa shape index (κ3) is 4.26. The SMILES string of the molecule is CCN(CC)S(=O)(=O)c1ccc(C(=O)Nc2ccc(C3=CSC4=NCCN34)cc2)cc1. The zero-order valence-electron chi connectivity index (χ0n) is 17.4. The zero-order chi connectivity index (χ0) is 22.0. The van der Waals surface area contributed by atoms with E-state index in [1.807, 2.05) is 24.3 Å². The molecule has 2 aromatic rings. The summed E-state index contributed by atoms with van der Waals surface area (Å²) in [6.07, 6.45) is 0. The topological polar surface area (TPSA) is 82.1 Å². The van der Waals surface area contributed by atoms with E-state index in [4.69, 9.17) is 0 Å². The van der Waals surface area contributed by atoms with Crippen LogP contribution in [-0.4, -0.2) is 54.9 Å². The maximum absolute atomic E-state index is 12.6. The molecule has 1 N–H and O–H groups in total. The fourth-order valence-corrected chi connectivity index (χ4v) is 5.99. The summed E-state index contributed by atoms with van der Waals surface area (Å²) >= 11 is 1.63. The number of benzene rings is 2. The van der Waals surface area contributed by atoms with Gasteiger partial charge in [0.1, 0.15) is 0 Å². The Kier molecular flexibility index (Phi) is 6.17. The molecule has 0 saturated heterocycles. The van der Waals surface area contributed by atoms with Crippen molar-refractivity contribution in [3.63, 3.8) is 0 Å². The van der Waals surface area contributed by atoms with Crippen LogP contribution in [0.3, 0.4) is 0 Å². The van der Waals surface area contributed by atoms with Crippen molar-refractivity contribution < 1.29 is 13.2 Å². The third-order valence-corrected chi connectivity index (χ3v) is 8.23. The lowest BCUT2D eigenvalue weighted by atomic mass is 10.1. The maximum Gasteiger partial charge on any atom is 0.255 e. The molecule has 0 saturated carbocycles. The lowest BCUT2D eigenvalue weighted by molar-refractivity contribution is 0.102. The standard InChI is InChI=1S/C22H24N4O3S2/c1-3-25(4-2)31(28,29)19-11-7-17(8-12-19)21(27)24-18-9-5-16(6-10-18)20-15-30-22-23-13-14-26(20)22/h5-12,15H,3-4,13-14H2,1-2H3,(H,24,27). The van der Waals surface area contributed by atoms with E-state index in [9.17, 15) is 13.2 Å². The Balaban J connectivity index is 1.43. The van der Waals surface area contributed by atoms with E-state index in [-0.39, 0.29) is 10.8 Å². The molecule has 2 heterocycles. The molecule has 7 nitrogen and oxygen atoms in total. The Hall–Kier alpha value is -2.62. The van der Waals surface area contributed by atoms with Crippen LogP contribution < -0.4 is 5.32 Å².